The fraction of sp³-hybridized carbons (Fsp3) is 0.171. The molecule has 270 valence electrons. The molecule has 1 heterocycles. The third kappa shape index (κ3) is 9.23. The number of halogens is 2. The standard InChI is InChI=1S/C41H35ClFN3O5S2/c1-2-51-41(50)35-29-19-9-10-22-34(29)53-40(35)46-39(49)36(25-13-5-3-6-14-25)52-28-18-11-17-27(23-28)44-38(48)33(24-30-31(42)20-12-21-32(30)43)45-37(47)26-15-7-4-8-16-26/h3-8,11-18,20-21,23-24,36H,2,9-10,19,22H2,1H3,(H,44,48)(H,45,47)(H,46,49)/b33-24+. The molecule has 0 aliphatic heterocycles. The molecule has 1 aliphatic rings. The Bertz CT molecular complexity index is 2150. The third-order valence-corrected chi connectivity index (χ3v) is 11.2. The minimum atomic E-state index is -0.736. The molecule has 0 fully saturated rings. The number of thioether (sulfide) groups is 1. The lowest BCUT2D eigenvalue weighted by atomic mass is 9.95. The van der Waals surface area contributed by atoms with Gasteiger partial charge in [-0.3, -0.25) is 14.4 Å². The van der Waals surface area contributed by atoms with Crippen molar-refractivity contribution >= 4 is 75.2 Å². The zero-order valence-corrected chi connectivity index (χ0v) is 31.0. The predicted octanol–water partition coefficient (Wildman–Crippen LogP) is 9.48. The number of benzene rings is 4. The molecule has 6 rings (SSSR count). The van der Waals surface area contributed by atoms with Crippen LogP contribution in [0.5, 0.6) is 0 Å². The van der Waals surface area contributed by atoms with E-state index < -0.39 is 28.9 Å². The summed E-state index contributed by atoms with van der Waals surface area (Å²) in [6.45, 7) is 1.98. The van der Waals surface area contributed by atoms with Crippen molar-refractivity contribution in [3.05, 3.63) is 152 Å². The van der Waals surface area contributed by atoms with E-state index in [-0.39, 0.29) is 28.8 Å². The fourth-order valence-electron chi connectivity index (χ4n) is 5.87. The van der Waals surface area contributed by atoms with E-state index in [1.807, 2.05) is 36.4 Å². The van der Waals surface area contributed by atoms with Gasteiger partial charge in [-0.25, -0.2) is 9.18 Å². The second kappa shape index (κ2) is 17.5. The summed E-state index contributed by atoms with van der Waals surface area (Å²) in [5.74, 6) is -2.73. The summed E-state index contributed by atoms with van der Waals surface area (Å²) in [5, 5.41) is 8.24. The minimum absolute atomic E-state index is 0.0602. The van der Waals surface area contributed by atoms with Crippen LogP contribution in [0.1, 0.15) is 67.3 Å². The molecule has 3 N–H and O–H groups in total. The van der Waals surface area contributed by atoms with Gasteiger partial charge in [0, 0.05) is 26.6 Å². The van der Waals surface area contributed by atoms with Crippen LogP contribution in [0.15, 0.2) is 114 Å². The average Bonchev–Trinajstić information content (AvgIpc) is 3.53. The smallest absolute Gasteiger partial charge is 0.341 e. The van der Waals surface area contributed by atoms with E-state index in [4.69, 9.17) is 16.3 Å². The highest BCUT2D eigenvalue weighted by Gasteiger charge is 2.30. The molecule has 0 saturated carbocycles. The molecule has 0 bridgehead atoms. The van der Waals surface area contributed by atoms with E-state index in [2.05, 4.69) is 16.0 Å². The molecule has 1 unspecified atom stereocenters. The van der Waals surface area contributed by atoms with E-state index in [9.17, 15) is 23.6 Å². The first-order valence-corrected chi connectivity index (χ1v) is 19.1. The van der Waals surface area contributed by atoms with E-state index in [0.717, 1.165) is 41.7 Å². The second-order valence-electron chi connectivity index (χ2n) is 12.0. The maximum Gasteiger partial charge on any atom is 0.341 e. The molecule has 8 nitrogen and oxygen atoms in total. The number of carbonyl (C=O) groups is 4. The molecule has 3 amide bonds. The Labute approximate surface area is 319 Å². The first-order valence-electron chi connectivity index (χ1n) is 17.0. The molecular formula is C41H35ClFN3O5S2. The summed E-state index contributed by atoms with van der Waals surface area (Å²) in [6, 6.07) is 28.6. The van der Waals surface area contributed by atoms with Gasteiger partial charge in [0.2, 0.25) is 5.91 Å². The quantitative estimate of drug-likeness (QED) is 0.0663. The monoisotopic (exact) mass is 767 g/mol. The molecule has 0 saturated heterocycles. The number of amides is 3. The van der Waals surface area contributed by atoms with Crippen LogP contribution >= 0.6 is 34.7 Å². The van der Waals surface area contributed by atoms with E-state index in [1.54, 1.807) is 55.5 Å². The Morgan fingerprint density at radius 2 is 1.62 bits per heavy atom. The van der Waals surface area contributed by atoms with Gasteiger partial charge >= 0.3 is 5.97 Å². The van der Waals surface area contributed by atoms with Crippen LogP contribution in [0.2, 0.25) is 5.02 Å². The van der Waals surface area contributed by atoms with Gasteiger partial charge in [0.25, 0.3) is 11.8 Å². The van der Waals surface area contributed by atoms with Crippen molar-refractivity contribution in [2.24, 2.45) is 0 Å². The fourth-order valence-corrected chi connectivity index (χ4v) is 8.45. The van der Waals surface area contributed by atoms with Crippen LogP contribution < -0.4 is 16.0 Å². The predicted molar refractivity (Wildman–Crippen MR) is 209 cm³/mol. The molecule has 5 aromatic rings. The number of hydrogen-bond acceptors (Lipinski definition) is 7. The summed E-state index contributed by atoms with van der Waals surface area (Å²) in [4.78, 5) is 55.8. The van der Waals surface area contributed by atoms with Crippen molar-refractivity contribution in [1.29, 1.82) is 0 Å². The molecule has 1 aliphatic carbocycles. The van der Waals surface area contributed by atoms with E-state index in [1.165, 1.54) is 47.4 Å². The number of thiophene rings is 1. The molecule has 1 atom stereocenters. The minimum Gasteiger partial charge on any atom is -0.462 e. The van der Waals surface area contributed by atoms with Crippen molar-refractivity contribution in [2.75, 3.05) is 17.2 Å². The van der Waals surface area contributed by atoms with Crippen LogP contribution in [0.25, 0.3) is 6.08 Å². The molecule has 1 aromatic heterocycles. The molecular weight excluding hydrogens is 733 g/mol. The normalized spacial score (nSPS) is 13.0. The first kappa shape index (κ1) is 37.5. The van der Waals surface area contributed by atoms with Crippen molar-refractivity contribution in [2.45, 2.75) is 42.8 Å². The van der Waals surface area contributed by atoms with Crippen LogP contribution in [0.3, 0.4) is 0 Å². The summed E-state index contributed by atoms with van der Waals surface area (Å²) < 4.78 is 20.2. The number of fused-ring (bicyclic) bond motifs is 1. The summed E-state index contributed by atoms with van der Waals surface area (Å²) in [7, 11) is 0. The lowest BCUT2D eigenvalue weighted by Gasteiger charge is -2.18. The molecule has 0 radical (unpaired) electrons. The van der Waals surface area contributed by atoms with Crippen LogP contribution in [0.4, 0.5) is 15.1 Å². The molecule has 0 spiro atoms. The Morgan fingerprint density at radius 1 is 0.906 bits per heavy atom. The summed E-state index contributed by atoms with van der Waals surface area (Å²) in [5.41, 5.74) is 2.48. The highest BCUT2D eigenvalue weighted by molar-refractivity contribution is 8.00. The van der Waals surface area contributed by atoms with Gasteiger partial charge in [-0.05, 0) is 92.3 Å². The van der Waals surface area contributed by atoms with Gasteiger partial charge in [0.1, 0.15) is 21.8 Å². The Morgan fingerprint density at radius 3 is 2.36 bits per heavy atom. The number of aryl methyl sites for hydroxylation is 1. The molecule has 4 aromatic carbocycles. The van der Waals surface area contributed by atoms with Gasteiger partial charge in [0.15, 0.2) is 0 Å². The number of esters is 1. The highest BCUT2D eigenvalue weighted by Crippen LogP contribution is 2.41. The second-order valence-corrected chi connectivity index (χ2v) is 14.7. The van der Waals surface area contributed by atoms with E-state index in [0.29, 0.717) is 26.7 Å². The Hall–Kier alpha value is -5.23. The van der Waals surface area contributed by atoms with Crippen LogP contribution in [0, 0.1) is 5.82 Å². The maximum absolute atomic E-state index is 14.8. The summed E-state index contributed by atoms with van der Waals surface area (Å²) >= 11 is 8.96. The van der Waals surface area contributed by atoms with Gasteiger partial charge < -0.3 is 20.7 Å². The third-order valence-electron chi connectivity index (χ3n) is 8.39. The van der Waals surface area contributed by atoms with Crippen molar-refractivity contribution < 1.29 is 28.3 Å². The summed E-state index contributed by atoms with van der Waals surface area (Å²) in [6.07, 6.45) is 4.77. The molecule has 53 heavy (non-hydrogen) atoms. The van der Waals surface area contributed by atoms with Gasteiger partial charge in [-0.1, -0.05) is 72.3 Å². The average molecular weight is 768 g/mol. The number of hydrogen-bond donors (Lipinski definition) is 3. The van der Waals surface area contributed by atoms with E-state index >= 15 is 0 Å². The number of nitrogens with one attached hydrogen (secondary N) is 3. The first-order chi connectivity index (χ1) is 25.7. The van der Waals surface area contributed by atoms with Gasteiger partial charge in [-0.15, -0.1) is 23.1 Å². The maximum atomic E-state index is 14.8. The highest BCUT2D eigenvalue weighted by atomic mass is 35.5. The van der Waals surface area contributed by atoms with Crippen LogP contribution in [-0.4, -0.2) is 30.3 Å². The van der Waals surface area contributed by atoms with Gasteiger partial charge in [-0.2, -0.15) is 0 Å². The topological polar surface area (TPSA) is 114 Å². The lowest BCUT2D eigenvalue weighted by Crippen LogP contribution is -2.30. The number of ether oxygens (including phenoxy) is 1. The number of carbonyl (C=O) groups excluding carboxylic acids is 4. The van der Waals surface area contributed by atoms with Crippen molar-refractivity contribution in [3.63, 3.8) is 0 Å². The zero-order chi connectivity index (χ0) is 37.3. The number of rotatable bonds is 12. The zero-order valence-electron chi connectivity index (χ0n) is 28.6. The Kier molecular flexibility index (Phi) is 12.4. The number of anilines is 2. The Balaban J connectivity index is 1.26. The van der Waals surface area contributed by atoms with Crippen molar-refractivity contribution in [1.82, 2.24) is 5.32 Å². The molecule has 12 heteroatoms. The van der Waals surface area contributed by atoms with Gasteiger partial charge in [0.05, 0.1) is 17.2 Å². The largest absolute Gasteiger partial charge is 0.462 e. The van der Waals surface area contributed by atoms with Crippen LogP contribution in [-0.2, 0) is 27.2 Å². The SMILES string of the molecule is CCOC(=O)c1c(NC(=O)C(Sc2cccc(NC(=O)/C(=C\c3c(F)cccc3Cl)NC(=O)c3ccccc3)c2)c2ccccc2)sc2c1CCCC2. The lowest BCUT2D eigenvalue weighted by molar-refractivity contribution is -0.116. The van der Waals surface area contributed by atoms with Crippen molar-refractivity contribution in [3.8, 4) is 0 Å².